The Morgan fingerprint density at radius 2 is 2.05 bits per heavy atom. The summed E-state index contributed by atoms with van der Waals surface area (Å²) in [5.74, 6) is 1.76. The molecule has 0 spiro atoms. The summed E-state index contributed by atoms with van der Waals surface area (Å²) in [4.78, 5) is 4.63. The number of anilines is 1. The Bertz CT molecular complexity index is 587. The quantitative estimate of drug-likeness (QED) is 0.911. The third kappa shape index (κ3) is 2.84. The van der Waals surface area contributed by atoms with Crippen molar-refractivity contribution in [2.75, 3.05) is 5.73 Å². The van der Waals surface area contributed by atoms with Crippen LogP contribution in [0.25, 0.3) is 11.3 Å². The molecule has 4 heteroatoms. The number of unbranched alkanes of at least 4 members (excludes halogenated alkanes) is 1. The van der Waals surface area contributed by atoms with Crippen LogP contribution in [0.1, 0.15) is 31.2 Å². The Morgan fingerprint density at radius 1 is 1.32 bits per heavy atom. The molecule has 0 saturated carbocycles. The molecule has 0 fully saturated rings. The molecule has 2 aromatic rings. The number of benzene rings is 1. The van der Waals surface area contributed by atoms with E-state index in [2.05, 4.69) is 51.5 Å². The summed E-state index contributed by atoms with van der Waals surface area (Å²) in [6.45, 7) is 7.21. The SMILES string of the molecule is CCCCn1c(C)nc(-c2ccc(Br)c(C)c2)c1N. The Morgan fingerprint density at radius 3 is 2.68 bits per heavy atom. The molecule has 0 saturated heterocycles. The lowest BCUT2D eigenvalue weighted by molar-refractivity contribution is 0.622. The van der Waals surface area contributed by atoms with Gasteiger partial charge >= 0.3 is 0 Å². The molecule has 1 aromatic carbocycles. The number of nitrogens with two attached hydrogens (primary N) is 1. The Labute approximate surface area is 123 Å². The summed E-state index contributed by atoms with van der Waals surface area (Å²) in [5, 5.41) is 0. The summed E-state index contributed by atoms with van der Waals surface area (Å²) in [6.07, 6.45) is 2.28. The maximum Gasteiger partial charge on any atom is 0.131 e. The minimum absolute atomic E-state index is 0.771. The first-order chi connectivity index (χ1) is 9.04. The molecule has 19 heavy (non-hydrogen) atoms. The van der Waals surface area contributed by atoms with Crippen molar-refractivity contribution in [3.63, 3.8) is 0 Å². The summed E-state index contributed by atoms with van der Waals surface area (Å²) in [7, 11) is 0. The number of halogens is 1. The highest BCUT2D eigenvalue weighted by Gasteiger charge is 2.13. The van der Waals surface area contributed by atoms with Gasteiger partial charge in [-0.1, -0.05) is 35.3 Å². The minimum Gasteiger partial charge on any atom is -0.383 e. The second-order valence-electron chi connectivity index (χ2n) is 4.86. The Kier molecular flexibility index (Phi) is 4.30. The summed E-state index contributed by atoms with van der Waals surface area (Å²) >= 11 is 3.52. The molecule has 0 unspecified atom stereocenters. The zero-order chi connectivity index (χ0) is 14.0. The number of rotatable bonds is 4. The van der Waals surface area contributed by atoms with E-state index in [1.807, 2.05) is 13.0 Å². The number of imidazole rings is 1. The molecule has 0 bridgehead atoms. The standard InChI is InChI=1S/C15H20BrN3/c1-4-5-8-19-11(3)18-14(15(19)17)12-6-7-13(16)10(2)9-12/h6-7,9H,4-5,8,17H2,1-3H3. The van der Waals surface area contributed by atoms with Crippen molar-refractivity contribution in [1.82, 2.24) is 9.55 Å². The first-order valence-electron chi connectivity index (χ1n) is 6.63. The summed E-state index contributed by atoms with van der Waals surface area (Å²) in [6, 6.07) is 6.22. The fourth-order valence-corrected chi connectivity index (χ4v) is 2.43. The number of aromatic nitrogens is 2. The van der Waals surface area contributed by atoms with Crippen LogP contribution in [0.5, 0.6) is 0 Å². The van der Waals surface area contributed by atoms with Gasteiger partial charge in [-0.05, 0) is 38.0 Å². The second kappa shape index (κ2) is 5.78. The van der Waals surface area contributed by atoms with E-state index >= 15 is 0 Å². The monoisotopic (exact) mass is 321 g/mol. The van der Waals surface area contributed by atoms with Gasteiger partial charge in [-0.15, -0.1) is 0 Å². The topological polar surface area (TPSA) is 43.8 Å². The van der Waals surface area contributed by atoms with Crippen LogP contribution in [0.15, 0.2) is 22.7 Å². The first-order valence-corrected chi connectivity index (χ1v) is 7.43. The summed E-state index contributed by atoms with van der Waals surface area (Å²) in [5.41, 5.74) is 9.42. The van der Waals surface area contributed by atoms with Crippen LogP contribution >= 0.6 is 15.9 Å². The van der Waals surface area contributed by atoms with Crippen molar-refractivity contribution in [3.05, 3.63) is 34.1 Å². The van der Waals surface area contributed by atoms with Gasteiger partial charge in [0.05, 0.1) is 0 Å². The number of nitrogens with zero attached hydrogens (tertiary/aromatic N) is 2. The van der Waals surface area contributed by atoms with Crippen molar-refractivity contribution in [2.24, 2.45) is 0 Å². The Hall–Kier alpha value is -1.29. The molecule has 102 valence electrons. The highest BCUT2D eigenvalue weighted by Crippen LogP contribution is 2.29. The van der Waals surface area contributed by atoms with Gasteiger partial charge in [0, 0.05) is 16.6 Å². The zero-order valence-electron chi connectivity index (χ0n) is 11.7. The van der Waals surface area contributed by atoms with Crippen LogP contribution < -0.4 is 5.73 Å². The molecule has 2 N–H and O–H groups in total. The molecule has 2 rings (SSSR count). The van der Waals surface area contributed by atoms with E-state index in [4.69, 9.17) is 5.73 Å². The highest BCUT2D eigenvalue weighted by atomic mass is 79.9. The normalized spacial score (nSPS) is 10.9. The zero-order valence-corrected chi connectivity index (χ0v) is 13.3. The fraction of sp³-hybridized carbons (Fsp3) is 0.400. The van der Waals surface area contributed by atoms with Gasteiger partial charge in [0.25, 0.3) is 0 Å². The molecule has 1 heterocycles. The predicted molar refractivity (Wildman–Crippen MR) is 84.2 cm³/mol. The van der Waals surface area contributed by atoms with Crippen LogP contribution in [0, 0.1) is 13.8 Å². The van der Waals surface area contributed by atoms with Crippen LogP contribution in [0.2, 0.25) is 0 Å². The van der Waals surface area contributed by atoms with Gasteiger partial charge in [-0.2, -0.15) is 0 Å². The van der Waals surface area contributed by atoms with Crippen molar-refractivity contribution >= 4 is 21.7 Å². The molecular formula is C15H20BrN3. The van der Waals surface area contributed by atoms with E-state index in [-0.39, 0.29) is 0 Å². The molecule has 0 aliphatic heterocycles. The smallest absolute Gasteiger partial charge is 0.131 e. The molecular weight excluding hydrogens is 302 g/mol. The van der Waals surface area contributed by atoms with Crippen molar-refractivity contribution < 1.29 is 0 Å². The van der Waals surface area contributed by atoms with Gasteiger partial charge in [0.2, 0.25) is 0 Å². The molecule has 3 nitrogen and oxygen atoms in total. The number of aryl methyl sites for hydroxylation is 2. The maximum absolute atomic E-state index is 6.25. The third-order valence-electron chi connectivity index (χ3n) is 3.36. The lowest BCUT2D eigenvalue weighted by Gasteiger charge is -2.07. The van der Waals surface area contributed by atoms with E-state index in [1.165, 1.54) is 5.56 Å². The van der Waals surface area contributed by atoms with E-state index in [0.29, 0.717) is 0 Å². The number of hydrogen-bond donors (Lipinski definition) is 1. The first kappa shape index (κ1) is 14.1. The molecule has 0 amide bonds. The largest absolute Gasteiger partial charge is 0.383 e. The van der Waals surface area contributed by atoms with E-state index in [9.17, 15) is 0 Å². The molecule has 0 aliphatic carbocycles. The minimum atomic E-state index is 0.771. The van der Waals surface area contributed by atoms with Crippen LogP contribution in [0.3, 0.4) is 0 Å². The third-order valence-corrected chi connectivity index (χ3v) is 4.25. The Balaban J connectivity index is 2.42. The van der Waals surface area contributed by atoms with Crippen LogP contribution in [0.4, 0.5) is 5.82 Å². The molecule has 1 aromatic heterocycles. The van der Waals surface area contributed by atoms with E-state index < -0.39 is 0 Å². The maximum atomic E-state index is 6.25. The second-order valence-corrected chi connectivity index (χ2v) is 5.72. The molecule has 0 aliphatic rings. The van der Waals surface area contributed by atoms with Gasteiger partial charge in [-0.3, -0.25) is 0 Å². The van der Waals surface area contributed by atoms with Crippen LogP contribution in [-0.2, 0) is 6.54 Å². The number of hydrogen-bond acceptors (Lipinski definition) is 2. The van der Waals surface area contributed by atoms with Crippen molar-refractivity contribution in [3.8, 4) is 11.3 Å². The van der Waals surface area contributed by atoms with Gasteiger partial charge < -0.3 is 10.3 Å². The lowest BCUT2D eigenvalue weighted by Crippen LogP contribution is -2.04. The predicted octanol–water partition coefficient (Wildman–Crippen LogP) is 4.31. The van der Waals surface area contributed by atoms with Gasteiger partial charge in [0.15, 0.2) is 0 Å². The average molecular weight is 322 g/mol. The highest BCUT2D eigenvalue weighted by molar-refractivity contribution is 9.10. The lowest BCUT2D eigenvalue weighted by atomic mass is 10.1. The van der Waals surface area contributed by atoms with Crippen molar-refractivity contribution in [1.29, 1.82) is 0 Å². The van der Waals surface area contributed by atoms with E-state index in [1.54, 1.807) is 0 Å². The summed E-state index contributed by atoms with van der Waals surface area (Å²) < 4.78 is 3.22. The molecule has 0 radical (unpaired) electrons. The van der Waals surface area contributed by atoms with Gasteiger partial charge in [-0.25, -0.2) is 4.98 Å². The average Bonchev–Trinajstić information content (AvgIpc) is 2.66. The fourth-order valence-electron chi connectivity index (χ4n) is 2.18. The van der Waals surface area contributed by atoms with Crippen LogP contribution in [-0.4, -0.2) is 9.55 Å². The number of nitrogen functional groups attached to an aromatic ring is 1. The van der Waals surface area contributed by atoms with Gasteiger partial charge in [0.1, 0.15) is 17.3 Å². The van der Waals surface area contributed by atoms with E-state index in [0.717, 1.165) is 46.8 Å². The molecule has 0 atom stereocenters. The van der Waals surface area contributed by atoms with Crippen molar-refractivity contribution in [2.45, 2.75) is 40.2 Å².